The molecule has 78 valence electrons. The summed E-state index contributed by atoms with van der Waals surface area (Å²) in [5.74, 6) is 0. The Kier molecular flexibility index (Phi) is 6.31. The molecule has 0 aromatic carbocycles. The first-order valence-electron chi connectivity index (χ1n) is 4.33. The molecule has 3 nitrogen and oxygen atoms in total. The summed E-state index contributed by atoms with van der Waals surface area (Å²) in [5, 5.41) is 0. The molecule has 0 aliphatic rings. The molecule has 0 aromatic rings. The Morgan fingerprint density at radius 3 is 2.08 bits per heavy atom. The molecule has 0 fully saturated rings. The van der Waals surface area contributed by atoms with Crippen LogP contribution in [0.2, 0.25) is 19.6 Å². The Hall–Kier alpha value is -0.106. The third kappa shape index (κ3) is 8.23. The van der Waals surface area contributed by atoms with Crippen molar-refractivity contribution in [2.24, 2.45) is 0 Å². The molecule has 0 bridgehead atoms. The number of rotatable bonds is 6. The van der Waals surface area contributed by atoms with Gasteiger partial charge in [0.1, 0.15) is 0 Å². The predicted molar refractivity (Wildman–Crippen MR) is 59.6 cm³/mol. The second kappa shape index (κ2) is 6.36. The fourth-order valence-electron chi connectivity index (χ4n) is 0.671. The van der Waals surface area contributed by atoms with Crippen molar-refractivity contribution in [1.29, 1.82) is 0 Å². The highest BCUT2D eigenvalue weighted by molar-refractivity contribution is 6.76. The molecule has 0 unspecified atom stereocenters. The third-order valence-electron chi connectivity index (χ3n) is 1.31. The topological polar surface area (TPSA) is 27.7 Å². The van der Waals surface area contributed by atoms with Gasteiger partial charge < -0.3 is 13.6 Å². The SMILES string of the molecule is CO[SiH](C=COC[Si](C)(C)C)OC. The zero-order valence-corrected chi connectivity index (χ0v) is 11.3. The Bertz CT molecular complexity index is 150. The molecular weight excluding hydrogens is 200 g/mol. The summed E-state index contributed by atoms with van der Waals surface area (Å²) in [6.07, 6.45) is 2.56. The minimum atomic E-state index is -1.57. The van der Waals surface area contributed by atoms with Crippen molar-refractivity contribution in [3.05, 3.63) is 12.0 Å². The van der Waals surface area contributed by atoms with Crippen molar-refractivity contribution in [2.45, 2.75) is 19.6 Å². The zero-order valence-electron chi connectivity index (χ0n) is 9.16. The van der Waals surface area contributed by atoms with Gasteiger partial charge in [0.15, 0.2) is 0 Å². The van der Waals surface area contributed by atoms with Crippen LogP contribution in [-0.4, -0.2) is 37.8 Å². The average molecular weight is 220 g/mol. The molecule has 0 saturated carbocycles. The molecule has 5 heteroatoms. The van der Waals surface area contributed by atoms with Gasteiger partial charge in [0, 0.05) is 14.2 Å². The fourth-order valence-corrected chi connectivity index (χ4v) is 2.01. The van der Waals surface area contributed by atoms with Crippen molar-refractivity contribution in [1.82, 2.24) is 0 Å². The molecular formula is C8H20O3Si2. The van der Waals surface area contributed by atoms with E-state index in [9.17, 15) is 0 Å². The largest absolute Gasteiger partial charge is 0.505 e. The first-order valence-corrected chi connectivity index (χ1v) is 9.65. The van der Waals surface area contributed by atoms with Crippen LogP contribution in [0.1, 0.15) is 0 Å². The van der Waals surface area contributed by atoms with Crippen LogP contribution in [0.3, 0.4) is 0 Å². The van der Waals surface area contributed by atoms with Gasteiger partial charge in [0.2, 0.25) is 0 Å². The Morgan fingerprint density at radius 1 is 1.15 bits per heavy atom. The van der Waals surface area contributed by atoms with Gasteiger partial charge in [-0.05, 0) is 5.70 Å². The number of hydrogen-bond acceptors (Lipinski definition) is 3. The summed E-state index contributed by atoms with van der Waals surface area (Å²) in [6.45, 7) is 6.80. The second-order valence-electron chi connectivity index (χ2n) is 4.04. The first kappa shape index (κ1) is 12.9. The molecule has 13 heavy (non-hydrogen) atoms. The van der Waals surface area contributed by atoms with Crippen molar-refractivity contribution in [3.8, 4) is 0 Å². The molecule has 0 atom stereocenters. The highest BCUT2D eigenvalue weighted by atomic mass is 28.3. The fraction of sp³-hybridized carbons (Fsp3) is 0.750. The van der Waals surface area contributed by atoms with Crippen molar-refractivity contribution in [3.63, 3.8) is 0 Å². The summed E-state index contributed by atoms with van der Waals surface area (Å²) in [7, 11) is 0.655. The van der Waals surface area contributed by atoms with Gasteiger partial charge in [-0.2, -0.15) is 0 Å². The van der Waals surface area contributed by atoms with Crippen LogP contribution >= 0.6 is 0 Å². The van der Waals surface area contributed by atoms with E-state index < -0.39 is 17.4 Å². The van der Waals surface area contributed by atoms with Crippen LogP contribution in [0, 0.1) is 0 Å². The van der Waals surface area contributed by atoms with Gasteiger partial charge in [-0.25, -0.2) is 0 Å². The van der Waals surface area contributed by atoms with Crippen LogP contribution in [0.15, 0.2) is 12.0 Å². The molecule has 0 aliphatic heterocycles. The lowest BCUT2D eigenvalue weighted by Gasteiger charge is -2.14. The molecule has 0 rings (SSSR count). The van der Waals surface area contributed by atoms with E-state index in [0.29, 0.717) is 0 Å². The Morgan fingerprint density at radius 2 is 1.69 bits per heavy atom. The Labute approximate surface area is 83.6 Å². The number of hydrogen-bond donors (Lipinski definition) is 0. The molecule has 0 N–H and O–H groups in total. The zero-order chi connectivity index (χ0) is 10.3. The normalized spacial score (nSPS) is 12.8. The summed E-state index contributed by atoms with van der Waals surface area (Å²) < 4.78 is 15.6. The molecule has 0 spiro atoms. The first-order chi connectivity index (χ1) is 5.99. The monoisotopic (exact) mass is 220 g/mol. The van der Waals surface area contributed by atoms with Crippen LogP contribution in [0.5, 0.6) is 0 Å². The molecule has 0 saturated heterocycles. The van der Waals surface area contributed by atoms with Gasteiger partial charge in [-0.15, -0.1) is 0 Å². The third-order valence-corrected chi connectivity index (χ3v) is 3.75. The minimum Gasteiger partial charge on any atom is -0.505 e. The van der Waals surface area contributed by atoms with Crippen LogP contribution in [0.4, 0.5) is 0 Å². The van der Waals surface area contributed by atoms with Gasteiger partial charge in [-0.3, -0.25) is 0 Å². The molecule has 0 aromatic heterocycles. The van der Waals surface area contributed by atoms with E-state index in [1.165, 1.54) is 0 Å². The maximum Gasteiger partial charge on any atom is 0.350 e. The Balaban J connectivity index is 3.62. The smallest absolute Gasteiger partial charge is 0.350 e. The van der Waals surface area contributed by atoms with E-state index in [4.69, 9.17) is 13.6 Å². The molecule has 0 heterocycles. The van der Waals surface area contributed by atoms with Gasteiger partial charge in [-0.1, -0.05) is 19.6 Å². The van der Waals surface area contributed by atoms with Crippen molar-refractivity contribution < 1.29 is 13.6 Å². The maximum atomic E-state index is 5.39. The van der Waals surface area contributed by atoms with E-state index in [1.54, 1.807) is 20.5 Å². The molecule has 0 radical (unpaired) electrons. The van der Waals surface area contributed by atoms with Gasteiger partial charge in [0.05, 0.1) is 20.6 Å². The van der Waals surface area contributed by atoms with E-state index in [1.807, 2.05) is 5.70 Å². The highest BCUT2D eigenvalue weighted by Gasteiger charge is 2.12. The number of ether oxygens (including phenoxy) is 1. The van der Waals surface area contributed by atoms with Crippen LogP contribution in [-0.2, 0) is 13.6 Å². The van der Waals surface area contributed by atoms with E-state index in [2.05, 4.69) is 19.6 Å². The summed E-state index contributed by atoms with van der Waals surface area (Å²) >= 11 is 0. The lowest BCUT2D eigenvalue weighted by Crippen LogP contribution is -2.27. The lowest BCUT2D eigenvalue weighted by atomic mass is 11.1. The van der Waals surface area contributed by atoms with Gasteiger partial charge in [0.25, 0.3) is 0 Å². The minimum absolute atomic E-state index is 0.845. The lowest BCUT2D eigenvalue weighted by molar-refractivity contribution is 0.281. The molecule has 0 amide bonds. The van der Waals surface area contributed by atoms with E-state index >= 15 is 0 Å². The average Bonchev–Trinajstić information content (AvgIpc) is 2.03. The summed E-state index contributed by atoms with van der Waals surface area (Å²) in [4.78, 5) is 0. The van der Waals surface area contributed by atoms with Gasteiger partial charge >= 0.3 is 9.28 Å². The summed E-state index contributed by atoms with van der Waals surface area (Å²) in [6, 6.07) is 0. The highest BCUT2D eigenvalue weighted by Crippen LogP contribution is 2.00. The second-order valence-corrected chi connectivity index (χ2v) is 11.5. The quantitative estimate of drug-likeness (QED) is 0.501. The standard InChI is InChI=1S/C8H20O3Si2/c1-9-12(10-2)7-6-11-8-13(3,4)5/h6-7,12H,8H2,1-5H3. The van der Waals surface area contributed by atoms with Crippen LogP contribution < -0.4 is 0 Å². The van der Waals surface area contributed by atoms with Crippen LogP contribution in [0.25, 0.3) is 0 Å². The maximum absolute atomic E-state index is 5.39. The van der Waals surface area contributed by atoms with Crippen molar-refractivity contribution >= 4 is 17.4 Å². The van der Waals surface area contributed by atoms with E-state index in [0.717, 1.165) is 6.23 Å². The van der Waals surface area contributed by atoms with Crippen molar-refractivity contribution in [2.75, 3.05) is 20.4 Å². The molecule has 0 aliphatic carbocycles. The predicted octanol–water partition coefficient (Wildman–Crippen LogP) is 1.45. The van der Waals surface area contributed by atoms with E-state index in [-0.39, 0.29) is 0 Å². The summed E-state index contributed by atoms with van der Waals surface area (Å²) in [5.41, 5.74) is 1.89.